The van der Waals surface area contributed by atoms with Crippen molar-refractivity contribution in [3.8, 4) is 0 Å². The van der Waals surface area contributed by atoms with Gasteiger partial charge in [0.1, 0.15) is 0 Å². The highest BCUT2D eigenvalue weighted by atomic mass is 79.9. The SMILES string of the molecule is Cc1ccc(C(=O)NC(=S)Nc2cccc(Cl)c2)cc1Br. The molecular weight excluding hydrogens is 372 g/mol. The number of amides is 1. The fraction of sp³-hybridized carbons (Fsp3) is 0.0667. The van der Waals surface area contributed by atoms with Crippen LogP contribution in [0.1, 0.15) is 15.9 Å². The van der Waals surface area contributed by atoms with Crippen molar-refractivity contribution in [1.82, 2.24) is 5.32 Å². The van der Waals surface area contributed by atoms with Crippen molar-refractivity contribution >= 4 is 56.5 Å². The lowest BCUT2D eigenvalue weighted by molar-refractivity contribution is 0.0977. The van der Waals surface area contributed by atoms with Crippen molar-refractivity contribution < 1.29 is 4.79 Å². The Balaban J connectivity index is 2.02. The van der Waals surface area contributed by atoms with E-state index in [-0.39, 0.29) is 11.0 Å². The predicted octanol–water partition coefficient (Wildman–Crippen LogP) is 4.54. The van der Waals surface area contributed by atoms with Crippen molar-refractivity contribution in [2.45, 2.75) is 6.92 Å². The highest BCUT2D eigenvalue weighted by molar-refractivity contribution is 9.10. The molecule has 0 aromatic heterocycles. The van der Waals surface area contributed by atoms with E-state index in [0.29, 0.717) is 10.6 Å². The van der Waals surface area contributed by atoms with E-state index >= 15 is 0 Å². The Bertz CT molecular complexity index is 706. The first-order chi connectivity index (χ1) is 9.95. The molecule has 2 rings (SSSR count). The molecule has 0 aliphatic rings. The van der Waals surface area contributed by atoms with Crippen molar-refractivity contribution in [3.63, 3.8) is 0 Å². The van der Waals surface area contributed by atoms with Gasteiger partial charge in [-0.2, -0.15) is 0 Å². The summed E-state index contributed by atoms with van der Waals surface area (Å²) >= 11 is 14.4. The predicted molar refractivity (Wildman–Crippen MR) is 94.0 cm³/mol. The van der Waals surface area contributed by atoms with Crippen LogP contribution in [0.15, 0.2) is 46.9 Å². The Morgan fingerprint density at radius 2 is 2.00 bits per heavy atom. The maximum Gasteiger partial charge on any atom is 0.257 e. The van der Waals surface area contributed by atoms with Crippen LogP contribution in [0, 0.1) is 6.92 Å². The number of hydrogen-bond acceptors (Lipinski definition) is 2. The fourth-order valence-electron chi connectivity index (χ4n) is 1.64. The molecular formula is C15H12BrClN2OS. The number of carbonyl (C=O) groups is 1. The molecule has 6 heteroatoms. The average molecular weight is 384 g/mol. The van der Waals surface area contributed by atoms with E-state index in [2.05, 4.69) is 26.6 Å². The van der Waals surface area contributed by atoms with Crippen LogP contribution in [0.25, 0.3) is 0 Å². The van der Waals surface area contributed by atoms with Gasteiger partial charge in [-0.15, -0.1) is 0 Å². The summed E-state index contributed by atoms with van der Waals surface area (Å²) in [5, 5.41) is 6.36. The van der Waals surface area contributed by atoms with Crippen LogP contribution in [0.2, 0.25) is 5.02 Å². The van der Waals surface area contributed by atoms with Crippen molar-refractivity contribution in [2.24, 2.45) is 0 Å². The first-order valence-corrected chi connectivity index (χ1v) is 7.67. The first-order valence-electron chi connectivity index (χ1n) is 6.10. The minimum atomic E-state index is -0.268. The second kappa shape index (κ2) is 7.02. The molecule has 0 bridgehead atoms. The molecule has 0 fully saturated rings. The van der Waals surface area contributed by atoms with E-state index in [0.717, 1.165) is 15.7 Å². The van der Waals surface area contributed by atoms with Gasteiger partial charge in [-0.1, -0.05) is 39.7 Å². The topological polar surface area (TPSA) is 41.1 Å². The second-order valence-electron chi connectivity index (χ2n) is 4.38. The number of aryl methyl sites for hydroxylation is 1. The monoisotopic (exact) mass is 382 g/mol. The summed E-state index contributed by atoms with van der Waals surface area (Å²) in [5.74, 6) is -0.268. The third kappa shape index (κ3) is 4.52. The third-order valence-corrected chi connectivity index (χ3v) is 4.04. The Kier molecular flexibility index (Phi) is 5.33. The number of rotatable bonds is 2. The number of hydrogen-bond donors (Lipinski definition) is 2. The van der Waals surface area contributed by atoms with Gasteiger partial charge in [0.15, 0.2) is 5.11 Å². The van der Waals surface area contributed by atoms with Crippen LogP contribution in [0.5, 0.6) is 0 Å². The van der Waals surface area contributed by atoms with Crippen LogP contribution in [-0.4, -0.2) is 11.0 Å². The van der Waals surface area contributed by atoms with Gasteiger partial charge in [-0.25, -0.2) is 0 Å². The van der Waals surface area contributed by atoms with E-state index in [4.69, 9.17) is 23.8 Å². The molecule has 21 heavy (non-hydrogen) atoms. The Labute approximate surface area is 141 Å². The lowest BCUT2D eigenvalue weighted by Gasteiger charge is -2.10. The summed E-state index contributed by atoms with van der Waals surface area (Å²) in [4.78, 5) is 12.1. The molecule has 0 saturated heterocycles. The quantitative estimate of drug-likeness (QED) is 0.748. The van der Waals surface area contributed by atoms with Gasteiger partial charge < -0.3 is 5.32 Å². The van der Waals surface area contributed by atoms with E-state index in [1.165, 1.54) is 0 Å². The standard InChI is InChI=1S/C15H12BrClN2OS/c1-9-5-6-10(7-13(9)16)14(20)19-15(21)18-12-4-2-3-11(17)8-12/h2-8H,1H3,(H2,18,19,20,21). The summed E-state index contributed by atoms with van der Waals surface area (Å²) < 4.78 is 0.879. The number of nitrogens with one attached hydrogen (secondary N) is 2. The average Bonchev–Trinajstić information content (AvgIpc) is 2.41. The van der Waals surface area contributed by atoms with E-state index < -0.39 is 0 Å². The molecule has 0 aliphatic heterocycles. The summed E-state index contributed by atoms with van der Waals surface area (Å²) in [5.41, 5.74) is 2.31. The number of thiocarbonyl (C=S) groups is 1. The molecule has 0 unspecified atom stereocenters. The van der Waals surface area contributed by atoms with Crippen molar-refractivity contribution in [1.29, 1.82) is 0 Å². The van der Waals surface area contributed by atoms with E-state index in [1.807, 2.05) is 19.1 Å². The molecule has 2 aromatic rings. The van der Waals surface area contributed by atoms with Gasteiger partial charge in [-0.05, 0) is 55.0 Å². The molecule has 0 atom stereocenters. The van der Waals surface area contributed by atoms with Crippen LogP contribution >= 0.6 is 39.7 Å². The maximum absolute atomic E-state index is 12.1. The van der Waals surface area contributed by atoms with Crippen molar-refractivity contribution in [3.05, 3.63) is 63.1 Å². The summed E-state index contributed by atoms with van der Waals surface area (Å²) in [6, 6.07) is 12.5. The van der Waals surface area contributed by atoms with Gasteiger partial charge in [-0.3, -0.25) is 10.1 Å². The Hall–Kier alpha value is -1.43. The maximum atomic E-state index is 12.1. The van der Waals surface area contributed by atoms with Gasteiger partial charge >= 0.3 is 0 Å². The lowest BCUT2D eigenvalue weighted by atomic mass is 10.1. The fourth-order valence-corrected chi connectivity index (χ4v) is 2.42. The van der Waals surface area contributed by atoms with Crippen LogP contribution in [-0.2, 0) is 0 Å². The normalized spacial score (nSPS) is 10.0. The summed E-state index contributed by atoms with van der Waals surface area (Å²) in [6.45, 7) is 1.96. The van der Waals surface area contributed by atoms with Gasteiger partial charge in [0.25, 0.3) is 5.91 Å². The minimum Gasteiger partial charge on any atom is -0.332 e. The molecule has 2 aromatic carbocycles. The van der Waals surface area contributed by atoms with Crippen LogP contribution in [0.3, 0.4) is 0 Å². The first kappa shape index (κ1) is 15.9. The smallest absolute Gasteiger partial charge is 0.257 e. The van der Waals surface area contributed by atoms with Crippen LogP contribution in [0.4, 0.5) is 5.69 Å². The number of carbonyl (C=O) groups excluding carboxylic acids is 1. The second-order valence-corrected chi connectivity index (χ2v) is 6.08. The minimum absolute atomic E-state index is 0.221. The number of benzene rings is 2. The van der Waals surface area contributed by atoms with Gasteiger partial charge in [0, 0.05) is 20.7 Å². The summed E-state index contributed by atoms with van der Waals surface area (Å²) in [6.07, 6.45) is 0. The molecule has 2 N–H and O–H groups in total. The third-order valence-electron chi connectivity index (χ3n) is 2.74. The van der Waals surface area contributed by atoms with Gasteiger partial charge in [0.05, 0.1) is 0 Å². The lowest BCUT2D eigenvalue weighted by Crippen LogP contribution is -2.34. The van der Waals surface area contributed by atoms with Crippen molar-refractivity contribution in [2.75, 3.05) is 5.32 Å². The molecule has 0 radical (unpaired) electrons. The molecule has 3 nitrogen and oxygen atoms in total. The molecule has 0 spiro atoms. The molecule has 0 aliphatic carbocycles. The zero-order chi connectivity index (χ0) is 15.4. The molecule has 108 valence electrons. The van der Waals surface area contributed by atoms with Crippen LogP contribution < -0.4 is 10.6 Å². The van der Waals surface area contributed by atoms with E-state index in [1.54, 1.807) is 30.3 Å². The molecule has 1 amide bonds. The zero-order valence-corrected chi connectivity index (χ0v) is 14.3. The Morgan fingerprint density at radius 1 is 1.24 bits per heavy atom. The number of halogens is 2. The highest BCUT2D eigenvalue weighted by Crippen LogP contribution is 2.18. The number of anilines is 1. The Morgan fingerprint density at radius 3 is 2.67 bits per heavy atom. The van der Waals surface area contributed by atoms with E-state index in [9.17, 15) is 4.79 Å². The highest BCUT2D eigenvalue weighted by Gasteiger charge is 2.09. The molecule has 0 heterocycles. The summed E-state index contributed by atoms with van der Waals surface area (Å²) in [7, 11) is 0. The largest absolute Gasteiger partial charge is 0.332 e. The zero-order valence-electron chi connectivity index (χ0n) is 11.1. The van der Waals surface area contributed by atoms with Gasteiger partial charge in [0.2, 0.25) is 0 Å². The molecule has 0 saturated carbocycles.